The van der Waals surface area contributed by atoms with Crippen molar-refractivity contribution < 1.29 is 9.50 Å². The number of phenols is 1. The lowest BCUT2D eigenvalue weighted by atomic mass is 10.0. The van der Waals surface area contributed by atoms with Crippen molar-refractivity contribution in [1.82, 2.24) is 5.32 Å². The highest BCUT2D eigenvalue weighted by molar-refractivity contribution is 5.32. The average Bonchev–Trinajstić information content (AvgIpc) is 2.44. The molecule has 100 valence electrons. The SMILES string of the molecule is CCC(NCc1cc(F)ccc1O)c1ccccc1. The Morgan fingerprint density at radius 3 is 2.58 bits per heavy atom. The van der Waals surface area contributed by atoms with Crippen LogP contribution in [0.25, 0.3) is 0 Å². The van der Waals surface area contributed by atoms with Crippen molar-refractivity contribution in [2.24, 2.45) is 0 Å². The number of hydrogen-bond acceptors (Lipinski definition) is 2. The summed E-state index contributed by atoms with van der Waals surface area (Å²) in [6.07, 6.45) is 0.931. The number of aromatic hydroxyl groups is 1. The maximum atomic E-state index is 13.1. The molecule has 0 saturated carbocycles. The van der Waals surface area contributed by atoms with Crippen molar-refractivity contribution in [1.29, 1.82) is 0 Å². The average molecular weight is 259 g/mol. The van der Waals surface area contributed by atoms with Gasteiger partial charge in [-0.25, -0.2) is 4.39 Å². The van der Waals surface area contributed by atoms with Gasteiger partial charge in [-0.2, -0.15) is 0 Å². The quantitative estimate of drug-likeness (QED) is 0.856. The summed E-state index contributed by atoms with van der Waals surface area (Å²) in [6.45, 7) is 2.53. The van der Waals surface area contributed by atoms with Crippen LogP contribution in [0.3, 0.4) is 0 Å². The van der Waals surface area contributed by atoms with E-state index in [0.717, 1.165) is 6.42 Å². The monoisotopic (exact) mass is 259 g/mol. The van der Waals surface area contributed by atoms with E-state index in [2.05, 4.69) is 24.4 Å². The molecule has 0 radical (unpaired) electrons. The molecule has 2 nitrogen and oxygen atoms in total. The van der Waals surface area contributed by atoms with Gasteiger partial charge in [-0.1, -0.05) is 37.3 Å². The third-order valence-corrected chi connectivity index (χ3v) is 3.19. The molecule has 0 aliphatic carbocycles. The summed E-state index contributed by atoms with van der Waals surface area (Å²) in [5.41, 5.74) is 1.77. The van der Waals surface area contributed by atoms with Crippen LogP contribution in [0.15, 0.2) is 48.5 Å². The maximum Gasteiger partial charge on any atom is 0.123 e. The van der Waals surface area contributed by atoms with Crippen LogP contribution in [-0.4, -0.2) is 5.11 Å². The number of rotatable bonds is 5. The van der Waals surface area contributed by atoms with Crippen LogP contribution < -0.4 is 5.32 Å². The predicted molar refractivity (Wildman–Crippen MR) is 74.4 cm³/mol. The first kappa shape index (κ1) is 13.6. The largest absolute Gasteiger partial charge is 0.508 e. The van der Waals surface area contributed by atoms with Crippen molar-refractivity contribution >= 4 is 0 Å². The van der Waals surface area contributed by atoms with Crippen LogP contribution in [0.1, 0.15) is 30.5 Å². The third kappa shape index (κ3) is 3.55. The molecule has 19 heavy (non-hydrogen) atoms. The van der Waals surface area contributed by atoms with Crippen LogP contribution in [0.4, 0.5) is 4.39 Å². The molecule has 0 spiro atoms. The predicted octanol–water partition coefficient (Wildman–Crippen LogP) is 3.77. The van der Waals surface area contributed by atoms with Crippen LogP contribution in [0, 0.1) is 5.82 Å². The van der Waals surface area contributed by atoms with Crippen molar-refractivity contribution in [3.8, 4) is 5.75 Å². The first-order valence-electron chi connectivity index (χ1n) is 6.46. The highest BCUT2D eigenvalue weighted by atomic mass is 19.1. The van der Waals surface area contributed by atoms with Gasteiger partial charge in [0, 0.05) is 18.2 Å². The first-order valence-corrected chi connectivity index (χ1v) is 6.46. The highest BCUT2D eigenvalue weighted by Crippen LogP contribution is 2.21. The molecule has 2 aromatic carbocycles. The Morgan fingerprint density at radius 2 is 1.89 bits per heavy atom. The minimum absolute atomic E-state index is 0.122. The van der Waals surface area contributed by atoms with Crippen molar-refractivity contribution in [3.05, 3.63) is 65.5 Å². The first-order chi connectivity index (χ1) is 9.20. The Kier molecular flexibility index (Phi) is 4.53. The lowest BCUT2D eigenvalue weighted by Gasteiger charge is -2.18. The van der Waals surface area contributed by atoms with Gasteiger partial charge in [-0.15, -0.1) is 0 Å². The van der Waals surface area contributed by atoms with Gasteiger partial charge in [-0.3, -0.25) is 0 Å². The summed E-state index contributed by atoms with van der Waals surface area (Å²) in [6, 6.07) is 14.3. The molecule has 0 amide bonds. The van der Waals surface area contributed by atoms with E-state index < -0.39 is 0 Å². The summed E-state index contributed by atoms with van der Waals surface area (Å²) in [5, 5.41) is 13.0. The van der Waals surface area contributed by atoms with Crippen LogP contribution >= 0.6 is 0 Å². The van der Waals surface area contributed by atoms with Gasteiger partial charge >= 0.3 is 0 Å². The van der Waals surface area contributed by atoms with E-state index >= 15 is 0 Å². The van der Waals surface area contributed by atoms with E-state index in [9.17, 15) is 9.50 Å². The van der Waals surface area contributed by atoms with Crippen LogP contribution in [-0.2, 0) is 6.54 Å². The number of halogens is 1. The number of benzene rings is 2. The molecule has 0 fully saturated rings. The van der Waals surface area contributed by atoms with E-state index in [1.165, 1.54) is 23.8 Å². The Labute approximate surface area is 112 Å². The van der Waals surface area contributed by atoms with Gasteiger partial charge in [0.2, 0.25) is 0 Å². The summed E-state index contributed by atoms with van der Waals surface area (Å²) in [7, 11) is 0. The molecule has 0 saturated heterocycles. The second kappa shape index (κ2) is 6.34. The van der Waals surface area contributed by atoms with Gasteiger partial charge in [0.05, 0.1) is 0 Å². The molecule has 2 N–H and O–H groups in total. The molecular formula is C16H18FNO. The van der Waals surface area contributed by atoms with Gasteiger partial charge in [0.1, 0.15) is 11.6 Å². The van der Waals surface area contributed by atoms with E-state index in [1.807, 2.05) is 18.2 Å². The van der Waals surface area contributed by atoms with Crippen LogP contribution in [0.5, 0.6) is 5.75 Å². The fraction of sp³-hybridized carbons (Fsp3) is 0.250. The van der Waals surface area contributed by atoms with E-state index in [0.29, 0.717) is 12.1 Å². The molecule has 0 heterocycles. The molecule has 3 heteroatoms. The molecule has 2 aromatic rings. The molecular weight excluding hydrogens is 241 g/mol. The lowest BCUT2D eigenvalue weighted by molar-refractivity contribution is 0.452. The zero-order valence-electron chi connectivity index (χ0n) is 10.9. The molecule has 1 unspecified atom stereocenters. The Morgan fingerprint density at radius 1 is 1.16 bits per heavy atom. The van der Waals surface area contributed by atoms with Gasteiger partial charge < -0.3 is 10.4 Å². The minimum atomic E-state index is -0.331. The number of hydrogen-bond donors (Lipinski definition) is 2. The second-order valence-corrected chi connectivity index (χ2v) is 4.53. The lowest BCUT2D eigenvalue weighted by Crippen LogP contribution is -2.20. The van der Waals surface area contributed by atoms with Crippen molar-refractivity contribution in [2.75, 3.05) is 0 Å². The summed E-state index contributed by atoms with van der Waals surface area (Å²) in [5.74, 6) is -0.209. The number of phenolic OH excluding ortho intramolecular Hbond substituents is 1. The van der Waals surface area contributed by atoms with Gasteiger partial charge in [0.25, 0.3) is 0 Å². The zero-order valence-corrected chi connectivity index (χ0v) is 10.9. The van der Waals surface area contributed by atoms with Gasteiger partial charge in [-0.05, 0) is 30.2 Å². The fourth-order valence-electron chi connectivity index (χ4n) is 2.11. The molecule has 0 aromatic heterocycles. The van der Waals surface area contributed by atoms with E-state index in [4.69, 9.17) is 0 Å². The van der Waals surface area contributed by atoms with Gasteiger partial charge in [0.15, 0.2) is 0 Å². The maximum absolute atomic E-state index is 13.1. The smallest absolute Gasteiger partial charge is 0.123 e. The zero-order chi connectivity index (χ0) is 13.7. The fourth-order valence-corrected chi connectivity index (χ4v) is 2.11. The minimum Gasteiger partial charge on any atom is -0.508 e. The summed E-state index contributed by atoms with van der Waals surface area (Å²) in [4.78, 5) is 0. The topological polar surface area (TPSA) is 32.3 Å². The Balaban J connectivity index is 2.06. The molecule has 2 rings (SSSR count). The standard InChI is InChI=1S/C16H18FNO/c1-2-15(12-6-4-3-5-7-12)18-11-13-10-14(17)8-9-16(13)19/h3-10,15,18-19H,2,11H2,1H3. The second-order valence-electron chi connectivity index (χ2n) is 4.53. The summed E-state index contributed by atoms with van der Waals surface area (Å²) < 4.78 is 13.1. The number of nitrogens with one attached hydrogen (secondary N) is 1. The highest BCUT2D eigenvalue weighted by Gasteiger charge is 2.09. The summed E-state index contributed by atoms with van der Waals surface area (Å²) >= 11 is 0. The molecule has 0 bridgehead atoms. The molecule has 0 aliphatic heterocycles. The molecule has 1 atom stereocenters. The van der Waals surface area contributed by atoms with E-state index in [-0.39, 0.29) is 17.6 Å². The van der Waals surface area contributed by atoms with Crippen molar-refractivity contribution in [2.45, 2.75) is 25.9 Å². The molecule has 0 aliphatic rings. The van der Waals surface area contributed by atoms with Crippen LogP contribution in [0.2, 0.25) is 0 Å². The van der Waals surface area contributed by atoms with E-state index in [1.54, 1.807) is 0 Å². The van der Waals surface area contributed by atoms with Crippen molar-refractivity contribution in [3.63, 3.8) is 0 Å². The third-order valence-electron chi connectivity index (χ3n) is 3.19. The Bertz CT molecular complexity index is 528. The Hall–Kier alpha value is -1.87. The normalized spacial score (nSPS) is 12.3.